The molecule has 0 atom stereocenters. The number of para-hydroxylation sites is 1. The molecule has 1 aromatic heterocycles. The lowest BCUT2D eigenvalue weighted by Gasteiger charge is -2.17. The van der Waals surface area contributed by atoms with Crippen LogP contribution in [0.15, 0.2) is 53.4 Å². The fourth-order valence-corrected chi connectivity index (χ4v) is 4.89. The third kappa shape index (κ3) is 5.08. The number of amides is 1. The van der Waals surface area contributed by atoms with Gasteiger partial charge >= 0.3 is 0 Å². The van der Waals surface area contributed by atoms with E-state index in [2.05, 4.69) is 10.3 Å². The Bertz CT molecular complexity index is 1030. The second-order valence-electron chi connectivity index (χ2n) is 6.24. The summed E-state index contributed by atoms with van der Waals surface area (Å²) in [5.41, 5.74) is 0.987. The second kappa shape index (κ2) is 9.00. The van der Waals surface area contributed by atoms with Crippen LogP contribution in [-0.4, -0.2) is 43.8 Å². The molecule has 1 amide bonds. The summed E-state index contributed by atoms with van der Waals surface area (Å²) in [6, 6.07) is 13.8. The van der Waals surface area contributed by atoms with Gasteiger partial charge in [0.25, 0.3) is 0 Å². The Balaban J connectivity index is 1.46. The predicted molar refractivity (Wildman–Crippen MR) is 112 cm³/mol. The van der Waals surface area contributed by atoms with Crippen LogP contribution < -0.4 is 5.32 Å². The summed E-state index contributed by atoms with van der Waals surface area (Å²) in [4.78, 5) is 16.7. The number of nitrogens with one attached hydrogen (secondary N) is 1. The number of benzene rings is 2. The highest BCUT2D eigenvalue weighted by molar-refractivity contribution is 7.89. The zero-order valence-electron chi connectivity index (χ0n) is 15.3. The predicted octanol–water partition coefficient (Wildman–Crippen LogP) is 3.32. The van der Waals surface area contributed by atoms with Crippen molar-refractivity contribution < 1.29 is 13.2 Å². The molecule has 9 heteroatoms. The molecule has 3 rings (SSSR count). The van der Waals surface area contributed by atoms with E-state index in [-0.39, 0.29) is 17.3 Å². The van der Waals surface area contributed by atoms with Crippen LogP contribution >= 0.6 is 22.9 Å². The smallest absolute Gasteiger partial charge is 0.243 e. The van der Waals surface area contributed by atoms with E-state index in [1.165, 1.54) is 31.3 Å². The average Bonchev–Trinajstić information content (AvgIpc) is 3.08. The van der Waals surface area contributed by atoms with Crippen molar-refractivity contribution in [3.05, 3.63) is 58.6 Å². The number of halogens is 1. The minimum atomic E-state index is -3.73. The normalized spacial score (nSPS) is 11.8. The van der Waals surface area contributed by atoms with Crippen molar-refractivity contribution in [2.75, 3.05) is 20.1 Å². The van der Waals surface area contributed by atoms with Crippen molar-refractivity contribution in [3.63, 3.8) is 0 Å². The maximum absolute atomic E-state index is 12.5. The first-order valence-electron chi connectivity index (χ1n) is 8.69. The van der Waals surface area contributed by atoms with Gasteiger partial charge in [-0.1, -0.05) is 23.7 Å². The molecule has 0 spiro atoms. The summed E-state index contributed by atoms with van der Waals surface area (Å²) in [6.07, 6.45) is 1.50. The first-order valence-corrected chi connectivity index (χ1v) is 11.3. The number of hydrogen-bond donors (Lipinski definition) is 1. The third-order valence-electron chi connectivity index (χ3n) is 4.12. The van der Waals surface area contributed by atoms with Crippen LogP contribution in [0.5, 0.6) is 0 Å². The minimum absolute atomic E-state index is 0.100. The molecule has 0 aliphatic carbocycles. The van der Waals surface area contributed by atoms with E-state index in [4.69, 9.17) is 11.6 Å². The van der Waals surface area contributed by atoms with Crippen LogP contribution in [0, 0.1) is 0 Å². The molecule has 1 N–H and O–H groups in total. The molecule has 2 aromatic carbocycles. The topological polar surface area (TPSA) is 79.4 Å². The van der Waals surface area contributed by atoms with Gasteiger partial charge in [0, 0.05) is 25.0 Å². The molecule has 0 aliphatic heterocycles. The Morgan fingerprint density at radius 1 is 1.18 bits per heavy atom. The van der Waals surface area contributed by atoms with E-state index >= 15 is 0 Å². The lowest BCUT2D eigenvalue weighted by molar-refractivity contribution is -0.121. The molecule has 0 saturated heterocycles. The van der Waals surface area contributed by atoms with Gasteiger partial charge in [0.1, 0.15) is 0 Å². The van der Waals surface area contributed by atoms with Crippen molar-refractivity contribution in [1.82, 2.24) is 14.6 Å². The lowest BCUT2D eigenvalue weighted by atomic mass is 10.3. The first-order chi connectivity index (χ1) is 13.4. The first kappa shape index (κ1) is 20.7. The Kier molecular flexibility index (Phi) is 6.66. The second-order valence-corrected chi connectivity index (χ2v) is 9.84. The van der Waals surface area contributed by atoms with Gasteiger partial charge in [-0.15, -0.1) is 11.3 Å². The Morgan fingerprint density at radius 3 is 2.61 bits per heavy atom. The largest absolute Gasteiger partial charge is 0.355 e. The van der Waals surface area contributed by atoms with Crippen LogP contribution in [0.4, 0.5) is 0 Å². The number of rotatable bonds is 8. The van der Waals surface area contributed by atoms with Crippen molar-refractivity contribution in [2.45, 2.75) is 17.7 Å². The number of carbonyl (C=O) groups is 1. The number of carbonyl (C=O) groups excluding carboxylic acids is 1. The van der Waals surface area contributed by atoms with E-state index in [0.717, 1.165) is 32.4 Å². The van der Waals surface area contributed by atoms with Crippen LogP contribution in [0.25, 0.3) is 10.2 Å². The zero-order valence-corrected chi connectivity index (χ0v) is 17.6. The van der Waals surface area contributed by atoms with E-state index in [1.54, 1.807) is 11.3 Å². The molecule has 0 saturated carbocycles. The van der Waals surface area contributed by atoms with Gasteiger partial charge in [0.05, 0.1) is 26.7 Å². The highest BCUT2D eigenvalue weighted by Crippen LogP contribution is 2.22. The molecule has 28 heavy (non-hydrogen) atoms. The molecule has 148 valence electrons. The van der Waals surface area contributed by atoms with Crippen molar-refractivity contribution in [2.24, 2.45) is 0 Å². The molecule has 0 unspecified atom stereocenters. The van der Waals surface area contributed by atoms with Crippen LogP contribution in [-0.2, 0) is 21.2 Å². The monoisotopic (exact) mass is 437 g/mol. The number of sulfonamides is 1. The molecular formula is C19H20ClN3O3S2. The Hall–Kier alpha value is -2.00. The molecule has 6 nitrogen and oxygen atoms in total. The number of hydrogen-bond acceptors (Lipinski definition) is 5. The van der Waals surface area contributed by atoms with Crippen molar-refractivity contribution >= 4 is 49.1 Å². The molecule has 3 aromatic rings. The number of aryl methyl sites for hydroxylation is 1. The van der Waals surface area contributed by atoms with Gasteiger partial charge in [-0.05, 0) is 42.8 Å². The number of nitrogens with zero attached hydrogens (tertiary/aromatic N) is 2. The summed E-state index contributed by atoms with van der Waals surface area (Å²) >= 11 is 7.44. The number of aromatic nitrogens is 1. The summed E-state index contributed by atoms with van der Waals surface area (Å²) in [5.74, 6) is -0.343. The van der Waals surface area contributed by atoms with Gasteiger partial charge < -0.3 is 5.32 Å². The summed E-state index contributed by atoms with van der Waals surface area (Å²) < 4.78 is 27.1. The van der Waals surface area contributed by atoms with Gasteiger partial charge in [0.2, 0.25) is 15.9 Å². The molecule has 0 bridgehead atoms. The van der Waals surface area contributed by atoms with Gasteiger partial charge in [-0.2, -0.15) is 4.31 Å². The van der Waals surface area contributed by atoms with Crippen LogP contribution in [0.1, 0.15) is 11.4 Å². The molecule has 0 aliphatic rings. The van der Waals surface area contributed by atoms with E-state index in [9.17, 15) is 13.2 Å². The fourth-order valence-electron chi connectivity index (χ4n) is 2.62. The van der Waals surface area contributed by atoms with Gasteiger partial charge in [-0.3, -0.25) is 4.79 Å². The maximum Gasteiger partial charge on any atom is 0.243 e. The standard InChI is InChI=1S/C19H20ClN3O3S2/c1-23(28(25,26)15-10-8-14(20)9-11-15)13-18(24)21-12-4-7-19-22-16-5-2-3-6-17(16)27-19/h2-3,5-6,8-11H,4,7,12-13H2,1H3,(H,21,24). The highest BCUT2D eigenvalue weighted by Gasteiger charge is 2.22. The zero-order chi connectivity index (χ0) is 20.1. The summed E-state index contributed by atoms with van der Waals surface area (Å²) in [7, 11) is -2.35. The average molecular weight is 438 g/mol. The van der Waals surface area contributed by atoms with Gasteiger partial charge in [0.15, 0.2) is 0 Å². The Labute approximate surface area is 173 Å². The fraction of sp³-hybridized carbons (Fsp3) is 0.263. The SMILES string of the molecule is CN(CC(=O)NCCCc1nc2ccccc2s1)S(=O)(=O)c1ccc(Cl)cc1. The Morgan fingerprint density at radius 2 is 1.89 bits per heavy atom. The molecular weight excluding hydrogens is 418 g/mol. The lowest BCUT2D eigenvalue weighted by Crippen LogP contribution is -2.38. The highest BCUT2D eigenvalue weighted by atomic mass is 35.5. The van der Waals surface area contributed by atoms with E-state index in [1.807, 2.05) is 24.3 Å². The summed E-state index contributed by atoms with van der Waals surface area (Å²) in [6.45, 7) is 0.218. The molecule has 1 heterocycles. The minimum Gasteiger partial charge on any atom is -0.355 e. The number of thiazole rings is 1. The van der Waals surface area contributed by atoms with E-state index in [0.29, 0.717) is 11.6 Å². The quantitative estimate of drug-likeness (QED) is 0.548. The van der Waals surface area contributed by atoms with Crippen molar-refractivity contribution in [3.8, 4) is 0 Å². The van der Waals surface area contributed by atoms with Crippen molar-refractivity contribution in [1.29, 1.82) is 0 Å². The molecule has 0 radical (unpaired) electrons. The van der Waals surface area contributed by atoms with Crippen LogP contribution in [0.2, 0.25) is 5.02 Å². The van der Waals surface area contributed by atoms with E-state index < -0.39 is 10.0 Å². The number of likely N-dealkylation sites (N-methyl/N-ethyl adjacent to an activating group) is 1. The van der Waals surface area contributed by atoms with Crippen LogP contribution in [0.3, 0.4) is 0 Å². The number of fused-ring (bicyclic) bond motifs is 1. The molecule has 0 fully saturated rings. The maximum atomic E-state index is 12.5. The summed E-state index contributed by atoms with van der Waals surface area (Å²) in [5, 5.41) is 4.24. The van der Waals surface area contributed by atoms with Gasteiger partial charge in [-0.25, -0.2) is 13.4 Å². The third-order valence-corrected chi connectivity index (χ3v) is 7.28.